The number of nitrogens with zero attached hydrogens (tertiary/aromatic N) is 1. The number of aliphatic hydroxyl groups is 1. The molecule has 118 valence electrons. The minimum atomic E-state index is -3.57. The molecule has 2 rings (SSSR count). The Balaban J connectivity index is 2.34. The molecule has 0 amide bonds. The Kier molecular flexibility index (Phi) is 4.47. The smallest absolute Gasteiger partial charge is 0.243 e. The summed E-state index contributed by atoms with van der Waals surface area (Å²) in [7, 11) is -2.01. The maximum Gasteiger partial charge on any atom is 0.243 e. The highest BCUT2D eigenvalue weighted by atomic mass is 32.2. The van der Waals surface area contributed by atoms with Crippen LogP contribution in [0.5, 0.6) is 0 Å². The maximum atomic E-state index is 12.8. The number of benzene rings is 1. The van der Waals surface area contributed by atoms with Crippen molar-refractivity contribution in [2.75, 3.05) is 13.6 Å². The lowest BCUT2D eigenvalue weighted by molar-refractivity contribution is 0.0333. The van der Waals surface area contributed by atoms with Crippen molar-refractivity contribution >= 4 is 10.0 Å². The van der Waals surface area contributed by atoms with Crippen LogP contribution in [0.25, 0.3) is 0 Å². The molecule has 0 heterocycles. The molecule has 1 fully saturated rings. The highest BCUT2D eigenvalue weighted by Crippen LogP contribution is 2.32. The molecule has 4 nitrogen and oxygen atoms in total. The fourth-order valence-corrected chi connectivity index (χ4v) is 5.07. The highest BCUT2D eigenvalue weighted by Gasteiger charge is 2.36. The number of hydrogen-bond acceptors (Lipinski definition) is 3. The van der Waals surface area contributed by atoms with Crippen LogP contribution < -0.4 is 0 Å². The topological polar surface area (TPSA) is 57.6 Å². The van der Waals surface area contributed by atoms with Crippen LogP contribution in [-0.4, -0.2) is 37.0 Å². The van der Waals surface area contributed by atoms with Crippen LogP contribution in [0.4, 0.5) is 0 Å². The first-order valence-electron chi connectivity index (χ1n) is 7.42. The Bertz CT molecular complexity index is 608. The van der Waals surface area contributed by atoms with E-state index >= 15 is 0 Å². The predicted octanol–water partition coefficient (Wildman–Crippen LogP) is 2.54. The Morgan fingerprint density at radius 1 is 1.14 bits per heavy atom. The first-order chi connectivity index (χ1) is 9.66. The van der Waals surface area contributed by atoms with Crippen molar-refractivity contribution in [3.63, 3.8) is 0 Å². The van der Waals surface area contributed by atoms with Crippen LogP contribution in [0.15, 0.2) is 17.0 Å². The van der Waals surface area contributed by atoms with E-state index in [1.807, 2.05) is 32.9 Å². The molecule has 0 atom stereocenters. The highest BCUT2D eigenvalue weighted by molar-refractivity contribution is 7.89. The first kappa shape index (κ1) is 16.5. The van der Waals surface area contributed by atoms with Gasteiger partial charge < -0.3 is 5.11 Å². The molecule has 0 bridgehead atoms. The molecule has 1 saturated carbocycles. The van der Waals surface area contributed by atoms with E-state index in [4.69, 9.17) is 0 Å². The third-order valence-corrected chi connectivity index (χ3v) is 6.43. The SMILES string of the molecule is Cc1cc(C)c(S(=O)(=O)N(C)CC2(O)CCCC2)c(C)c1. The van der Waals surface area contributed by atoms with Crippen molar-refractivity contribution in [3.8, 4) is 0 Å². The zero-order chi connectivity index (χ0) is 15.8. The van der Waals surface area contributed by atoms with Gasteiger partial charge in [-0.15, -0.1) is 0 Å². The fraction of sp³-hybridized carbons (Fsp3) is 0.625. The molecule has 0 unspecified atom stereocenters. The molecule has 0 aliphatic heterocycles. The lowest BCUT2D eigenvalue weighted by Crippen LogP contribution is -2.42. The molecule has 1 aromatic carbocycles. The molecule has 1 aliphatic rings. The van der Waals surface area contributed by atoms with E-state index in [0.29, 0.717) is 17.7 Å². The van der Waals surface area contributed by atoms with Gasteiger partial charge in [-0.05, 0) is 44.7 Å². The molecule has 5 heteroatoms. The minimum absolute atomic E-state index is 0.169. The van der Waals surface area contributed by atoms with Crippen molar-refractivity contribution in [1.29, 1.82) is 0 Å². The maximum absolute atomic E-state index is 12.8. The van der Waals surface area contributed by atoms with Gasteiger partial charge in [0.1, 0.15) is 0 Å². The standard InChI is InChI=1S/C16H25NO3S/c1-12-9-13(2)15(14(3)10-12)21(19,20)17(4)11-16(18)7-5-6-8-16/h9-10,18H,5-8,11H2,1-4H3. The van der Waals surface area contributed by atoms with Crippen molar-refractivity contribution in [2.24, 2.45) is 0 Å². The predicted molar refractivity (Wildman–Crippen MR) is 83.9 cm³/mol. The largest absolute Gasteiger partial charge is 0.389 e. The molecular weight excluding hydrogens is 286 g/mol. The summed E-state index contributed by atoms with van der Waals surface area (Å²) in [5.74, 6) is 0. The summed E-state index contributed by atoms with van der Waals surface area (Å²) in [6, 6.07) is 3.77. The van der Waals surface area contributed by atoms with Crippen LogP contribution in [-0.2, 0) is 10.0 Å². The van der Waals surface area contributed by atoms with Crippen LogP contribution >= 0.6 is 0 Å². The Hall–Kier alpha value is -0.910. The number of aryl methyl sites for hydroxylation is 3. The van der Waals surface area contributed by atoms with Gasteiger partial charge in [0.15, 0.2) is 0 Å². The van der Waals surface area contributed by atoms with Gasteiger partial charge in [0.25, 0.3) is 0 Å². The lowest BCUT2D eigenvalue weighted by Gasteiger charge is -2.29. The molecule has 1 N–H and O–H groups in total. The first-order valence-corrected chi connectivity index (χ1v) is 8.86. The number of rotatable bonds is 4. The van der Waals surface area contributed by atoms with Gasteiger partial charge in [0.05, 0.1) is 10.5 Å². The lowest BCUT2D eigenvalue weighted by atomic mass is 10.0. The second-order valence-electron chi connectivity index (χ2n) is 6.42. The third kappa shape index (κ3) is 3.30. The molecule has 0 radical (unpaired) electrons. The Morgan fingerprint density at radius 2 is 1.62 bits per heavy atom. The summed E-state index contributed by atoms with van der Waals surface area (Å²) in [5.41, 5.74) is 1.71. The molecule has 0 spiro atoms. The fourth-order valence-electron chi connectivity index (χ4n) is 3.42. The average Bonchev–Trinajstić information content (AvgIpc) is 2.73. The van der Waals surface area contributed by atoms with Gasteiger partial charge in [-0.3, -0.25) is 0 Å². The van der Waals surface area contributed by atoms with Crippen molar-refractivity contribution < 1.29 is 13.5 Å². The molecule has 1 aliphatic carbocycles. The van der Waals surface area contributed by atoms with Crippen LogP contribution in [0.2, 0.25) is 0 Å². The normalized spacial score (nSPS) is 18.4. The molecular formula is C16H25NO3S. The molecule has 21 heavy (non-hydrogen) atoms. The molecule has 0 aromatic heterocycles. The van der Waals surface area contributed by atoms with Crippen LogP contribution in [0.1, 0.15) is 42.4 Å². The van der Waals surface area contributed by atoms with E-state index in [1.54, 1.807) is 7.05 Å². The zero-order valence-corrected chi connectivity index (χ0v) is 14.1. The van der Waals surface area contributed by atoms with Crippen molar-refractivity contribution in [1.82, 2.24) is 4.31 Å². The van der Waals surface area contributed by atoms with Gasteiger partial charge in [-0.25, -0.2) is 8.42 Å². The quantitative estimate of drug-likeness (QED) is 0.929. The third-order valence-electron chi connectivity index (χ3n) is 4.32. The van der Waals surface area contributed by atoms with Gasteiger partial charge in [-0.1, -0.05) is 30.5 Å². The van der Waals surface area contributed by atoms with Crippen LogP contribution in [0, 0.1) is 20.8 Å². The van der Waals surface area contributed by atoms with Crippen molar-refractivity contribution in [2.45, 2.75) is 57.0 Å². The second kappa shape index (κ2) is 5.71. The van der Waals surface area contributed by atoms with E-state index < -0.39 is 15.6 Å². The summed E-state index contributed by atoms with van der Waals surface area (Å²) in [4.78, 5) is 0.372. The summed E-state index contributed by atoms with van der Waals surface area (Å²) >= 11 is 0. The zero-order valence-electron chi connectivity index (χ0n) is 13.3. The summed E-state index contributed by atoms with van der Waals surface area (Å²) < 4.78 is 27.0. The minimum Gasteiger partial charge on any atom is -0.389 e. The number of sulfonamides is 1. The van der Waals surface area contributed by atoms with Gasteiger partial charge in [0, 0.05) is 13.6 Å². The van der Waals surface area contributed by atoms with E-state index in [0.717, 1.165) is 29.5 Å². The monoisotopic (exact) mass is 311 g/mol. The summed E-state index contributed by atoms with van der Waals surface area (Å²) in [6.07, 6.45) is 3.29. The van der Waals surface area contributed by atoms with Gasteiger partial charge >= 0.3 is 0 Å². The number of hydrogen-bond donors (Lipinski definition) is 1. The molecule has 1 aromatic rings. The van der Waals surface area contributed by atoms with Gasteiger partial charge in [0.2, 0.25) is 10.0 Å². The molecule has 0 saturated heterocycles. The Labute approximate surface area is 127 Å². The van der Waals surface area contributed by atoms with E-state index in [2.05, 4.69) is 0 Å². The van der Waals surface area contributed by atoms with E-state index in [9.17, 15) is 13.5 Å². The second-order valence-corrected chi connectivity index (χ2v) is 8.40. The Morgan fingerprint density at radius 3 is 2.10 bits per heavy atom. The summed E-state index contributed by atoms with van der Waals surface area (Å²) in [6.45, 7) is 5.78. The van der Waals surface area contributed by atoms with Crippen molar-refractivity contribution in [3.05, 3.63) is 28.8 Å². The van der Waals surface area contributed by atoms with E-state index in [1.165, 1.54) is 4.31 Å². The van der Waals surface area contributed by atoms with E-state index in [-0.39, 0.29) is 6.54 Å². The van der Waals surface area contributed by atoms with Gasteiger partial charge in [-0.2, -0.15) is 4.31 Å². The summed E-state index contributed by atoms with van der Waals surface area (Å²) in [5, 5.41) is 10.4. The average molecular weight is 311 g/mol. The van der Waals surface area contributed by atoms with Crippen LogP contribution in [0.3, 0.4) is 0 Å². The number of likely N-dealkylation sites (N-methyl/N-ethyl adjacent to an activating group) is 1.